The molecule has 0 heterocycles. The van der Waals surface area contributed by atoms with Crippen molar-refractivity contribution in [1.82, 2.24) is 0 Å². The van der Waals surface area contributed by atoms with Crippen LogP contribution in [0, 0.1) is 17.3 Å². The van der Waals surface area contributed by atoms with Gasteiger partial charge >= 0.3 is 0 Å². The predicted octanol–water partition coefficient (Wildman–Crippen LogP) is 2.77. The van der Waals surface area contributed by atoms with Crippen LogP contribution in [0.15, 0.2) is 12.2 Å². The topological polar surface area (TPSA) is 34.1 Å². The highest BCUT2D eigenvalue weighted by Crippen LogP contribution is 2.43. The molecule has 0 aliphatic heterocycles. The lowest BCUT2D eigenvalue weighted by Crippen LogP contribution is -2.36. The number of carbonyl (C=O) groups excluding carboxylic acids is 2. The van der Waals surface area contributed by atoms with Crippen molar-refractivity contribution in [3.05, 3.63) is 12.2 Å². The molecule has 0 radical (unpaired) electrons. The molecule has 1 aliphatic carbocycles. The molecule has 0 aromatic heterocycles. The highest BCUT2D eigenvalue weighted by atomic mass is 16.1. The van der Waals surface area contributed by atoms with E-state index in [0.717, 1.165) is 0 Å². The lowest BCUT2D eigenvalue weighted by Gasteiger charge is -2.40. The minimum absolute atomic E-state index is 0.0132. The molecular weight excluding hydrogens is 188 g/mol. The van der Waals surface area contributed by atoms with Crippen LogP contribution in [-0.2, 0) is 9.59 Å². The molecule has 2 nitrogen and oxygen atoms in total. The highest BCUT2D eigenvalue weighted by molar-refractivity contribution is 5.87. The maximum atomic E-state index is 11.5. The first-order valence-electron chi connectivity index (χ1n) is 5.53. The lowest BCUT2D eigenvalue weighted by molar-refractivity contribution is -0.126. The number of Topliss-reactive ketones (excluding diaryl/α,β-unsaturated/α-hetero) is 1. The molecule has 0 aromatic carbocycles. The van der Waals surface area contributed by atoms with Crippen molar-refractivity contribution in [2.24, 2.45) is 17.3 Å². The normalized spacial score (nSPS) is 30.8. The van der Waals surface area contributed by atoms with E-state index in [9.17, 15) is 9.59 Å². The fourth-order valence-corrected chi connectivity index (χ4v) is 2.64. The molecule has 0 aromatic rings. The van der Waals surface area contributed by atoms with Crippen LogP contribution in [0.5, 0.6) is 0 Å². The standard InChI is InChI=1S/C13H20O2/c1-9-7-11(15)8-13(3,4)12(9)6-5-10(2)14/h5-6,9,12H,7-8H2,1-4H3/b6-5+/t9-,12+/m1/s1. The van der Waals surface area contributed by atoms with Crippen LogP contribution in [0.3, 0.4) is 0 Å². The molecule has 84 valence electrons. The Morgan fingerprint density at radius 1 is 1.47 bits per heavy atom. The van der Waals surface area contributed by atoms with Crippen LogP contribution < -0.4 is 0 Å². The maximum absolute atomic E-state index is 11.5. The fraction of sp³-hybridized carbons (Fsp3) is 0.692. The van der Waals surface area contributed by atoms with Crippen molar-refractivity contribution < 1.29 is 9.59 Å². The van der Waals surface area contributed by atoms with Gasteiger partial charge in [-0.3, -0.25) is 9.59 Å². The summed E-state index contributed by atoms with van der Waals surface area (Å²) in [7, 11) is 0. The first-order valence-corrected chi connectivity index (χ1v) is 5.53. The Kier molecular flexibility index (Phi) is 3.48. The van der Waals surface area contributed by atoms with E-state index in [1.165, 1.54) is 0 Å². The van der Waals surface area contributed by atoms with Gasteiger partial charge < -0.3 is 0 Å². The van der Waals surface area contributed by atoms with Gasteiger partial charge in [-0.2, -0.15) is 0 Å². The van der Waals surface area contributed by atoms with Gasteiger partial charge in [0.15, 0.2) is 5.78 Å². The van der Waals surface area contributed by atoms with E-state index in [1.807, 2.05) is 6.08 Å². The third-order valence-electron chi connectivity index (χ3n) is 3.26. The molecule has 0 amide bonds. The van der Waals surface area contributed by atoms with Gasteiger partial charge in [0, 0.05) is 12.8 Å². The first kappa shape index (κ1) is 12.2. The van der Waals surface area contributed by atoms with E-state index in [2.05, 4.69) is 20.8 Å². The van der Waals surface area contributed by atoms with Gasteiger partial charge in [0.1, 0.15) is 5.78 Å². The summed E-state index contributed by atoms with van der Waals surface area (Å²) in [6, 6.07) is 0. The molecule has 0 bridgehead atoms. The van der Waals surface area contributed by atoms with E-state index in [4.69, 9.17) is 0 Å². The number of allylic oxidation sites excluding steroid dienone is 2. The van der Waals surface area contributed by atoms with Crippen LogP contribution in [0.2, 0.25) is 0 Å². The summed E-state index contributed by atoms with van der Waals surface area (Å²) in [6.45, 7) is 7.86. The van der Waals surface area contributed by atoms with Gasteiger partial charge in [-0.25, -0.2) is 0 Å². The van der Waals surface area contributed by atoms with Gasteiger partial charge in [-0.15, -0.1) is 0 Å². The molecule has 0 N–H and O–H groups in total. The van der Waals surface area contributed by atoms with Crippen LogP contribution in [0.25, 0.3) is 0 Å². The minimum Gasteiger partial charge on any atom is -0.300 e. The molecule has 1 aliphatic rings. The van der Waals surface area contributed by atoms with Crippen molar-refractivity contribution in [2.75, 3.05) is 0 Å². The molecule has 15 heavy (non-hydrogen) atoms. The summed E-state index contributed by atoms with van der Waals surface area (Å²) in [5.41, 5.74) is -0.0132. The van der Waals surface area contributed by atoms with E-state index < -0.39 is 0 Å². The summed E-state index contributed by atoms with van der Waals surface area (Å²) in [5, 5.41) is 0. The monoisotopic (exact) mass is 208 g/mol. The van der Waals surface area contributed by atoms with Gasteiger partial charge in [0.2, 0.25) is 0 Å². The highest BCUT2D eigenvalue weighted by Gasteiger charge is 2.38. The van der Waals surface area contributed by atoms with Crippen molar-refractivity contribution in [3.63, 3.8) is 0 Å². The zero-order valence-corrected chi connectivity index (χ0v) is 10.0. The first-order chi connectivity index (χ1) is 6.83. The minimum atomic E-state index is -0.0132. The lowest BCUT2D eigenvalue weighted by atomic mass is 9.63. The van der Waals surface area contributed by atoms with Crippen molar-refractivity contribution >= 4 is 11.6 Å². The molecule has 2 atom stereocenters. The van der Waals surface area contributed by atoms with Crippen LogP contribution in [-0.4, -0.2) is 11.6 Å². The molecule has 0 saturated heterocycles. The van der Waals surface area contributed by atoms with Crippen LogP contribution in [0.1, 0.15) is 40.5 Å². The summed E-state index contributed by atoms with van der Waals surface area (Å²) >= 11 is 0. The van der Waals surface area contributed by atoms with E-state index in [0.29, 0.717) is 30.5 Å². The fourth-order valence-electron chi connectivity index (χ4n) is 2.64. The molecule has 0 unspecified atom stereocenters. The molecule has 0 spiro atoms. The second kappa shape index (κ2) is 4.30. The summed E-state index contributed by atoms with van der Waals surface area (Å²) in [5.74, 6) is 1.10. The molecule has 2 heteroatoms. The summed E-state index contributed by atoms with van der Waals surface area (Å²) in [6.07, 6.45) is 4.90. The number of carbonyl (C=O) groups is 2. The van der Waals surface area contributed by atoms with Crippen molar-refractivity contribution in [3.8, 4) is 0 Å². The average molecular weight is 208 g/mol. The third kappa shape index (κ3) is 3.01. The SMILES string of the molecule is CC(=O)/C=C/[C@H]1[C@H](C)CC(=O)CC1(C)C. The smallest absolute Gasteiger partial charge is 0.152 e. The Labute approximate surface area is 91.7 Å². The Balaban J connectivity index is 2.84. The molecule has 1 rings (SSSR count). The van der Waals surface area contributed by atoms with E-state index in [-0.39, 0.29) is 11.2 Å². The molecule has 1 fully saturated rings. The van der Waals surface area contributed by atoms with Gasteiger partial charge in [0.25, 0.3) is 0 Å². The maximum Gasteiger partial charge on any atom is 0.152 e. The number of ketones is 2. The predicted molar refractivity (Wildman–Crippen MR) is 60.5 cm³/mol. The Hall–Kier alpha value is -0.920. The third-order valence-corrected chi connectivity index (χ3v) is 3.26. The number of hydrogen-bond acceptors (Lipinski definition) is 2. The average Bonchev–Trinajstić information content (AvgIpc) is 1.98. The number of rotatable bonds is 2. The summed E-state index contributed by atoms with van der Waals surface area (Å²) in [4.78, 5) is 22.4. The van der Waals surface area contributed by atoms with Crippen molar-refractivity contribution in [1.29, 1.82) is 0 Å². The zero-order valence-electron chi connectivity index (χ0n) is 10.0. The second-order valence-electron chi connectivity index (χ2n) is 5.38. The van der Waals surface area contributed by atoms with Gasteiger partial charge in [-0.1, -0.05) is 26.8 Å². The largest absolute Gasteiger partial charge is 0.300 e. The van der Waals surface area contributed by atoms with Crippen molar-refractivity contribution in [2.45, 2.75) is 40.5 Å². The Morgan fingerprint density at radius 3 is 2.53 bits per heavy atom. The Morgan fingerprint density at radius 2 is 2.07 bits per heavy atom. The van der Waals surface area contributed by atoms with Gasteiger partial charge in [0.05, 0.1) is 0 Å². The van der Waals surface area contributed by atoms with Gasteiger partial charge in [-0.05, 0) is 30.3 Å². The molecular formula is C13H20O2. The summed E-state index contributed by atoms with van der Waals surface area (Å²) < 4.78 is 0. The molecule has 1 saturated carbocycles. The number of hydrogen-bond donors (Lipinski definition) is 0. The van der Waals surface area contributed by atoms with Crippen LogP contribution >= 0.6 is 0 Å². The zero-order chi connectivity index (χ0) is 11.6. The van der Waals surface area contributed by atoms with Crippen LogP contribution in [0.4, 0.5) is 0 Å². The van der Waals surface area contributed by atoms with E-state index >= 15 is 0 Å². The quantitative estimate of drug-likeness (QED) is 0.654. The second-order valence-corrected chi connectivity index (χ2v) is 5.38. The van der Waals surface area contributed by atoms with E-state index in [1.54, 1.807) is 13.0 Å². The Bertz CT molecular complexity index is 300.